The van der Waals surface area contributed by atoms with Crippen molar-refractivity contribution in [2.75, 3.05) is 17.7 Å². The first-order valence-electron chi connectivity index (χ1n) is 10.1. The molecule has 4 rings (SSSR count). The lowest BCUT2D eigenvalue weighted by Crippen LogP contribution is -2.18. The van der Waals surface area contributed by atoms with Crippen LogP contribution in [-0.2, 0) is 16.1 Å². The zero-order valence-electron chi connectivity index (χ0n) is 17.5. The Morgan fingerprint density at radius 1 is 1.27 bits per heavy atom. The molecule has 3 heterocycles. The normalized spacial score (nSPS) is 16.2. The number of nitrogens with zero attached hydrogens (tertiary/aromatic N) is 3. The van der Waals surface area contributed by atoms with Crippen molar-refractivity contribution in [1.82, 2.24) is 14.8 Å². The molecule has 1 fully saturated rings. The number of carbonyl (C=O) groups excluding carboxylic acids is 1. The maximum atomic E-state index is 12.6. The number of aromatic nitrogens is 3. The molecule has 7 nitrogen and oxygen atoms in total. The Bertz CT molecular complexity index is 1040. The summed E-state index contributed by atoms with van der Waals surface area (Å²) in [5.74, 6) is 1.72. The molecule has 158 valence electrons. The van der Waals surface area contributed by atoms with Crippen LogP contribution in [0, 0.1) is 20.8 Å². The first-order valence-corrected chi connectivity index (χ1v) is 11.1. The highest BCUT2D eigenvalue weighted by atomic mass is 32.2. The number of amides is 1. The second-order valence-electron chi connectivity index (χ2n) is 7.60. The quantitative estimate of drug-likeness (QED) is 0.565. The summed E-state index contributed by atoms with van der Waals surface area (Å²) in [6.07, 6.45) is 3.86. The molecule has 1 aliphatic rings. The molecule has 1 N–H and O–H groups in total. The molecule has 0 spiro atoms. The number of ether oxygens (including phenoxy) is 1. The highest BCUT2D eigenvalue weighted by Gasteiger charge is 2.23. The Morgan fingerprint density at radius 3 is 2.87 bits per heavy atom. The van der Waals surface area contributed by atoms with E-state index >= 15 is 0 Å². The van der Waals surface area contributed by atoms with Crippen molar-refractivity contribution in [2.45, 2.75) is 51.4 Å². The fraction of sp³-hybridized carbons (Fsp3) is 0.409. The summed E-state index contributed by atoms with van der Waals surface area (Å²) < 4.78 is 13.3. The van der Waals surface area contributed by atoms with Gasteiger partial charge in [0.15, 0.2) is 11.0 Å². The highest BCUT2D eigenvalue weighted by molar-refractivity contribution is 7.99. The topological polar surface area (TPSA) is 82.2 Å². The van der Waals surface area contributed by atoms with Crippen molar-refractivity contribution in [3.05, 3.63) is 47.4 Å². The molecule has 0 unspecified atom stereocenters. The molecular weight excluding hydrogens is 400 g/mol. The number of thioether (sulfide) groups is 1. The maximum Gasteiger partial charge on any atom is 0.234 e. The molecular formula is C22H26N4O3S. The minimum Gasteiger partial charge on any atom is -0.469 e. The number of carbonyl (C=O) groups is 1. The third-order valence-corrected chi connectivity index (χ3v) is 6.19. The van der Waals surface area contributed by atoms with Gasteiger partial charge < -0.3 is 14.5 Å². The van der Waals surface area contributed by atoms with Gasteiger partial charge in [0.2, 0.25) is 5.91 Å². The molecule has 0 aliphatic carbocycles. The average Bonchev–Trinajstić information content (AvgIpc) is 3.45. The van der Waals surface area contributed by atoms with Crippen LogP contribution in [0.2, 0.25) is 0 Å². The van der Waals surface area contributed by atoms with Crippen molar-refractivity contribution in [2.24, 2.45) is 0 Å². The van der Waals surface area contributed by atoms with Gasteiger partial charge in [-0.3, -0.25) is 9.36 Å². The van der Waals surface area contributed by atoms with E-state index in [9.17, 15) is 4.79 Å². The standard InChI is InChI=1S/C22H26N4O3S/c1-14-6-7-15(2)19(11-14)23-20(27)13-30-22-25-24-21(18-8-10-28-16(18)3)26(22)12-17-5-4-9-29-17/h6-8,10-11,17H,4-5,9,12-13H2,1-3H3,(H,23,27)/t17-/m0/s1. The highest BCUT2D eigenvalue weighted by Crippen LogP contribution is 2.29. The molecule has 1 amide bonds. The molecule has 1 atom stereocenters. The molecule has 1 saturated heterocycles. The predicted molar refractivity (Wildman–Crippen MR) is 117 cm³/mol. The predicted octanol–water partition coefficient (Wildman–Crippen LogP) is 4.37. The van der Waals surface area contributed by atoms with Crippen molar-refractivity contribution in [3.8, 4) is 11.4 Å². The Kier molecular flexibility index (Phi) is 6.24. The number of hydrogen-bond donors (Lipinski definition) is 1. The Hall–Kier alpha value is -2.58. The van der Waals surface area contributed by atoms with Gasteiger partial charge in [-0.25, -0.2) is 0 Å². The van der Waals surface area contributed by atoms with Crippen LogP contribution in [0.5, 0.6) is 0 Å². The minimum atomic E-state index is -0.0681. The minimum absolute atomic E-state index is 0.0681. The number of furan rings is 1. The van der Waals surface area contributed by atoms with Crippen LogP contribution in [0.15, 0.2) is 40.1 Å². The molecule has 30 heavy (non-hydrogen) atoms. The number of rotatable bonds is 7. The molecule has 0 radical (unpaired) electrons. The largest absolute Gasteiger partial charge is 0.469 e. The molecule has 0 bridgehead atoms. The van der Waals surface area contributed by atoms with Gasteiger partial charge in [-0.15, -0.1) is 10.2 Å². The van der Waals surface area contributed by atoms with Gasteiger partial charge in [-0.1, -0.05) is 23.9 Å². The molecule has 0 saturated carbocycles. The van der Waals surface area contributed by atoms with Crippen LogP contribution in [0.4, 0.5) is 5.69 Å². The summed E-state index contributed by atoms with van der Waals surface area (Å²) >= 11 is 1.38. The van der Waals surface area contributed by atoms with Gasteiger partial charge >= 0.3 is 0 Å². The molecule has 2 aromatic heterocycles. The van der Waals surface area contributed by atoms with Gasteiger partial charge in [0, 0.05) is 12.3 Å². The van der Waals surface area contributed by atoms with E-state index in [1.165, 1.54) is 11.8 Å². The van der Waals surface area contributed by atoms with Crippen LogP contribution in [0.3, 0.4) is 0 Å². The number of anilines is 1. The molecule has 1 aliphatic heterocycles. The third kappa shape index (κ3) is 4.60. The van der Waals surface area contributed by atoms with Crippen molar-refractivity contribution in [3.63, 3.8) is 0 Å². The fourth-order valence-corrected chi connectivity index (χ4v) is 4.30. The number of aryl methyl sites for hydroxylation is 3. The van der Waals surface area contributed by atoms with Gasteiger partial charge in [-0.05, 0) is 56.9 Å². The van der Waals surface area contributed by atoms with E-state index < -0.39 is 0 Å². The van der Waals surface area contributed by atoms with E-state index in [1.54, 1.807) is 6.26 Å². The smallest absolute Gasteiger partial charge is 0.234 e. The van der Waals surface area contributed by atoms with Crippen LogP contribution in [-0.4, -0.2) is 39.1 Å². The van der Waals surface area contributed by atoms with Crippen molar-refractivity contribution in [1.29, 1.82) is 0 Å². The maximum absolute atomic E-state index is 12.6. The lowest BCUT2D eigenvalue weighted by molar-refractivity contribution is -0.113. The van der Waals surface area contributed by atoms with Gasteiger partial charge in [0.1, 0.15) is 5.76 Å². The van der Waals surface area contributed by atoms with Gasteiger partial charge in [0.25, 0.3) is 0 Å². The number of hydrogen-bond acceptors (Lipinski definition) is 6. The first-order chi connectivity index (χ1) is 14.5. The fourth-order valence-electron chi connectivity index (χ4n) is 3.56. The average molecular weight is 427 g/mol. The van der Waals surface area contributed by atoms with E-state index in [-0.39, 0.29) is 17.8 Å². The summed E-state index contributed by atoms with van der Waals surface area (Å²) in [6, 6.07) is 7.92. The molecule has 1 aromatic carbocycles. The summed E-state index contributed by atoms with van der Waals surface area (Å²) in [5, 5.41) is 12.5. The van der Waals surface area contributed by atoms with Crippen LogP contribution >= 0.6 is 11.8 Å². The van der Waals surface area contributed by atoms with Crippen LogP contribution < -0.4 is 5.32 Å². The van der Waals surface area contributed by atoms with Crippen LogP contribution in [0.1, 0.15) is 29.7 Å². The van der Waals surface area contributed by atoms with Gasteiger partial charge in [-0.2, -0.15) is 0 Å². The Balaban J connectivity index is 1.50. The van der Waals surface area contributed by atoms with Gasteiger partial charge in [0.05, 0.1) is 30.2 Å². The molecule has 8 heteroatoms. The monoisotopic (exact) mass is 426 g/mol. The summed E-state index contributed by atoms with van der Waals surface area (Å²) in [4.78, 5) is 12.6. The van der Waals surface area contributed by atoms with E-state index in [0.717, 1.165) is 53.4 Å². The van der Waals surface area contributed by atoms with E-state index in [1.807, 2.05) is 49.6 Å². The molecule has 3 aromatic rings. The lowest BCUT2D eigenvalue weighted by Gasteiger charge is -2.14. The van der Waals surface area contributed by atoms with Crippen molar-refractivity contribution >= 4 is 23.4 Å². The van der Waals surface area contributed by atoms with Crippen LogP contribution in [0.25, 0.3) is 11.4 Å². The second-order valence-corrected chi connectivity index (χ2v) is 8.54. The third-order valence-electron chi connectivity index (χ3n) is 5.23. The first kappa shape index (κ1) is 20.7. The summed E-state index contributed by atoms with van der Waals surface area (Å²) in [5.41, 5.74) is 3.90. The van der Waals surface area contributed by atoms with E-state index in [0.29, 0.717) is 11.7 Å². The summed E-state index contributed by atoms with van der Waals surface area (Å²) in [6.45, 7) is 7.35. The SMILES string of the molecule is Cc1ccc(C)c(NC(=O)CSc2nnc(-c3ccoc3C)n2C[C@@H]2CCCO2)c1. The zero-order valence-corrected chi connectivity index (χ0v) is 18.3. The number of nitrogens with one attached hydrogen (secondary N) is 1. The second kappa shape index (κ2) is 9.06. The van der Waals surface area contributed by atoms with E-state index in [4.69, 9.17) is 9.15 Å². The zero-order chi connectivity index (χ0) is 21.1. The Labute approximate surface area is 180 Å². The van der Waals surface area contributed by atoms with E-state index in [2.05, 4.69) is 15.5 Å². The lowest BCUT2D eigenvalue weighted by atomic mass is 10.1. The summed E-state index contributed by atoms with van der Waals surface area (Å²) in [7, 11) is 0. The van der Waals surface area contributed by atoms with Crippen molar-refractivity contribution < 1.29 is 13.9 Å². The Morgan fingerprint density at radius 2 is 2.13 bits per heavy atom. The number of benzene rings is 1.